The van der Waals surface area contributed by atoms with E-state index < -0.39 is 35.7 Å². The van der Waals surface area contributed by atoms with Crippen molar-refractivity contribution in [2.75, 3.05) is 13.2 Å². The molecule has 0 radical (unpaired) electrons. The molecule has 178 valence electrons. The summed E-state index contributed by atoms with van der Waals surface area (Å²) in [5, 5.41) is 0. The van der Waals surface area contributed by atoms with Crippen LogP contribution in [0.5, 0.6) is 0 Å². The van der Waals surface area contributed by atoms with Crippen LogP contribution in [0, 0.1) is 11.6 Å². The van der Waals surface area contributed by atoms with Crippen molar-refractivity contribution in [1.29, 1.82) is 0 Å². The Bertz CT molecular complexity index is 1130. The molecule has 1 aliphatic rings. The van der Waals surface area contributed by atoms with Gasteiger partial charge in [-0.1, -0.05) is 49.0 Å². The predicted molar refractivity (Wildman–Crippen MR) is 117 cm³/mol. The van der Waals surface area contributed by atoms with Crippen molar-refractivity contribution in [3.8, 4) is 0 Å². The van der Waals surface area contributed by atoms with E-state index in [2.05, 4.69) is 11.5 Å². The number of hydrogen-bond acceptors (Lipinski definition) is 3. The zero-order chi connectivity index (χ0) is 24.3. The average Bonchev–Trinajstić information content (AvgIpc) is 2.80. The van der Waals surface area contributed by atoms with Gasteiger partial charge in [0.15, 0.2) is 0 Å². The van der Waals surface area contributed by atoms with Crippen molar-refractivity contribution in [3.05, 3.63) is 113 Å². The third-order valence-electron chi connectivity index (χ3n) is 5.56. The summed E-state index contributed by atoms with van der Waals surface area (Å²) in [6.07, 6.45) is -5.69. The Balaban J connectivity index is 1.63. The van der Waals surface area contributed by atoms with Gasteiger partial charge in [0.1, 0.15) is 17.4 Å². The Kier molecular flexibility index (Phi) is 7.00. The van der Waals surface area contributed by atoms with Gasteiger partial charge < -0.3 is 9.47 Å². The lowest BCUT2D eigenvalue weighted by atomic mass is 10.0. The van der Waals surface area contributed by atoms with Crippen LogP contribution in [0.2, 0.25) is 0 Å². The van der Waals surface area contributed by atoms with Gasteiger partial charge in [-0.2, -0.15) is 13.2 Å². The van der Waals surface area contributed by atoms with E-state index in [0.29, 0.717) is 31.3 Å². The van der Waals surface area contributed by atoms with Gasteiger partial charge in [0.05, 0.1) is 18.2 Å². The van der Waals surface area contributed by atoms with Crippen LogP contribution in [0.4, 0.5) is 22.0 Å². The zero-order valence-corrected chi connectivity index (χ0v) is 18.1. The maximum atomic E-state index is 13.9. The van der Waals surface area contributed by atoms with E-state index in [9.17, 15) is 22.0 Å². The molecule has 1 fully saturated rings. The van der Waals surface area contributed by atoms with Crippen molar-refractivity contribution >= 4 is 5.76 Å². The first-order chi connectivity index (χ1) is 16.2. The number of alkyl halides is 3. The second-order valence-corrected chi connectivity index (χ2v) is 7.96. The fraction of sp³-hybridized carbons (Fsp3) is 0.231. The molecule has 0 aliphatic carbocycles. The summed E-state index contributed by atoms with van der Waals surface area (Å²) in [4.78, 5) is 2.08. The van der Waals surface area contributed by atoms with Crippen LogP contribution in [0.25, 0.3) is 5.76 Å². The van der Waals surface area contributed by atoms with E-state index in [-0.39, 0.29) is 11.3 Å². The van der Waals surface area contributed by atoms with E-state index in [1.807, 2.05) is 30.3 Å². The number of rotatable bonds is 6. The van der Waals surface area contributed by atoms with E-state index in [1.54, 1.807) is 12.1 Å². The number of nitrogens with zero attached hydrogens (tertiary/aromatic N) is 1. The lowest BCUT2D eigenvalue weighted by Crippen LogP contribution is -2.45. The molecule has 2 unspecified atom stereocenters. The van der Waals surface area contributed by atoms with Crippen molar-refractivity contribution < 1.29 is 31.4 Å². The van der Waals surface area contributed by atoms with Crippen LogP contribution in [-0.4, -0.2) is 24.3 Å². The van der Waals surface area contributed by atoms with Gasteiger partial charge in [-0.25, -0.2) is 8.78 Å². The molecular formula is C26H22F5NO2. The largest absolute Gasteiger partial charge is 0.463 e. The highest BCUT2D eigenvalue weighted by Gasteiger charge is 2.36. The van der Waals surface area contributed by atoms with Crippen molar-refractivity contribution in [2.45, 2.75) is 25.1 Å². The summed E-state index contributed by atoms with van der Waals surface area (Å²) in [5.74, 6) is -1.62. The summed E-state index contributed by atoms with van der Waals surface area (Å²) in [6, 6.07) is 17.1. The first kappa shape index (κ1) is 23.9. The first-order valence-electron chi connectivity index (χ1n) is 10.6. The van der Waals surface area contributed by atoms with Crippen LogP contribution < -0.4 is 0 Å². The van der Waals surface area contributed by atoms with Gasteiger partial charge >= 0.3 is 6.18 Å². The number of benzene rings is 3. The maximum absolute atomic E-state index is 13.9. The second kappa shape index (κ2) is 9.95. The third-order valence-corrected chi connectivity index (χ3v) is 5.56. The molecule has 1 saturated heterocycles. The van der Waals surface area contributed by atoms with Crippen LogP contribution in [0.15, 0.2) is 79.4 Å². The monoisotopic (exact) mass is 475 g/mol. The van der Waals surface area contributed by atoms with Gasteiger partial charge in [-0.3, -0.25) is 4.90 Å². The second-order valence-electron chi connectivity index (χ2n) is 7.96. The molecule has 0 spiro atoms. The van der Waals surface area contributed by atoms with Crippen molar-refractivity contribution in [3.63, 3.8) is 0 Å². The summed E-state index contributed by atoms with van der Waals surface area (Å²) >= 11 is 0. The van der Waals surface area contributed by atoms with Crippen LogP contribution in [0.1, 0.15) is 28.3 Å². The van der Waals surface area contributed by atoms with E-state index in [0.717, 1.165) is 17.7 Å². The molecule has 2 atom stereocenters. The lowest BCUT2D eigenvalue weighted by Gasteiger charge is -2.41. The van der Waals surface area contributed by atoms with Gasteiger partial charge in [0.2, 0.25) is 6.29 Å². The fourth-order valence-electron chi connectivity index (χ4n) is 3.93. The Morgan fingerprint density at radius 3 is 2.35 bits per heavy atom. The van der Waals surface area contributed by atoms with Crippen molar-refractivity contribution in [2.24, 2.45) is 0 Å². The average molecular weight is 475 g/mol. The summed E-state index contributed by atoms with van der Waals surface area (Å²) in [7, 11) is 0. The van der Waals surface area contributed by atoms with Crippen LogP contribution >= 0.6 is 0 Å². The summed E-state index contributed by atoms with van der Waals surface area (Å²) in [6.45, 7) is 5.09. The van der Waals surface area contributed by atoms with Gasteiger partial charge in [0, 0.05) is 18.7 Å². The molecule has 34 heavy (non-hydrogen) atoms. The SMILES string of the molecule is C=C(OC1OCCN(Cc2ccccc2)C1c1ccc(F)cc1)c1cc(F)cc(C(F)(F)F)c1. The number of ether oxygens (including phenoxy) is 2. The Labute approximate surface area is 194 Å². The van der Waals surface area contributed by atoms with Gasteiger partial charge in [-0.15, -0.1) is 0 Å². The Morgan fingerprint density at radius 1 is 0.971 bits per heavy atom. The highest BCUT2D eigenvalue weighted by Crippen LogP contribution is 2.36. The molecular weight excluding hydrogens is 453 g/mol. The molecule has 0 amide bonds. The normalized spacial score (nSPS) is 19.1. The molecule has 3 aromatic carbocycles. The summed E-state index contributed by atoms with van der Waals surface area (Å²) < 4.78 is 78.6. The molecule has 0 aromatic heterocycles. The first-order valence-corrected chi connectivity index (χ1v) is 10.6. The molecule has 4 rings (SSSR count). The molecule has 3 aromatic rings. The van der Waals surface area contributed by atoms with E-state index in [4.69, 9.17) is 9.47 Å². The molecule has 0 bridgehead atoms. The number of morpholine rings is 1. The predicted octanol–water partition coefficient (Wildman–Crippen LogP) is 6.57. The molecule has 0 N–H and O–H groups in total. The molecule has 1 aliphatic heterocycles. The molecule has 0 saturated carbocycles. The maximum Gasteiger partial charge on any atom is 0.416 e. The topological polar surface area (TPSA) is 21.7 Å². The van der Waals surface area contributed by atoms with Gasteiger partial charge in [-0.05, 0) is 41.5 Å². The number of halogens is 5. The van der Waals surface area contributed by atoms with Crippen molar-refractivity contribution in [1.82, 2.24) is 4.90 Å². The molecule has 1 heterocycles. The highest BCUT2D eigenvalue weighted by atomic mass is 19.4. The minimum atomic E-state index is -4.72. The number of hydrogen-bond donors (Lipinski definition) is 0. The minimum absolute atomic E-state index is 0.144. The van der Waals surface area contributed by atoms with Crippen LogP contribution in [-0.2, 0) is 22.2 Å². The minimum Gasteiger partial charge on any atom is -0.463 e. The Hall–Kier alpha value is -3.23. The van der Waals surface area contributed by atoms with E-state index >= 15 is 0 Å². The Morgan fingerprint density at radius 2 is 1.68 bits per heavy atom. The molecule has 3 nitrogen and oxygen atoms in total. The molecule has 8 heteroatoms. The van der Waals surface area contributed by atoms with Crippen LogP contribution in [0.3, 0.4) is 0 Å². The standard InChI is InChI=1S/C26H22F5NO2/c1-17(20-13-21(26(29,30)31)15-23(28)14-20)34-25-24(19-7-9-22(27)10-8-19)32(11-12-33-25)16-18-5-3-2-4-6-18/h2-10,13-15,24-25H,1,11-12,16H2. The highest BCUT2D eigenvalue weighted by molar-refractivity contribution is 5.58. The van der Waals surface area contributed by atoms with Gasteiger partial charge in [0.25, 0.3) is 0 Å². The third kappa shape index (κ3) is 5.63. The lowest BCUT2D eigenvalue weighted by molar-refractivity contribution is -0.181. The van der Waals surface area contributed by atoms with E-state index in [1.165, 1.54) is 12.1 Å². The quantitative estimate of drug-likeness (QED) is 0.297. The zero-order valence-electron chi connectivity index (χ0n) is 18.1. The summed E-state index contributed by atoms with van der Waals surface area (Å²) in [5.41, 5.74) is 0.450. The smallest absolute Gasteiger partial charge is 0.416 e. The fourth-order valence-corrected chi connectivity index (χ4v) is 3.93.